The summed E-state index contributed by atoms with van der Waals surface area (Å²) in [6.07, 6.45) is 0. The van der Waals surface area contributed by atoms with Crippen LogP contribution in [0.4, 0.5) is 17.1 Å². The summed E-state index contributed by atoms with van der Waals surface area (Å²) in [5.41, 5.74) is 0.904. The lowest BCUT2D eigenvalue weighted by molar-refractivity contribution is -0.384. The number of benzene rings is 2. The van der Waals surface area contributed by atoms with E-state index in [4.69, 9.17) is 9.47 Å². The molecule has 0 aliphatic carbocycles. The number of amides is 1. The van der Waals surface area contributed by atoms with Crippen molar-refractivity contribution >= 4 is 34.7 Å². The number of nitro groups is 1. The normalized spacial score (nSPS) is 12.9. The topological polar surface area (TPSA) is 137 Å². The van der Waals surface area contributed by atoms with Gasteiger partial charge in [-0.3, -0.25) is 19.7 Å². The lowest BCUT2D eigenvalue weighted by Crippen LogP contribution is -2.24. The highest BCUT2D eigenvalue weighted by molar-refractivity contribution is 6.20. The van der Waals surface area contributed by atoms with Crippen LogP contribution in [0.5, 0.6) is 0 Å². The van der Waals surface area contributed by atoms with E-state index in [1.807, 2.05) is 0 Å². The van der Waals surface area contributed by atoms with Gasteiger partial charge >= 0.3 is 5.97 Å². The second-order valence-corrected chi connectivity index (χ2v) is 6.29. The number of hydrogen-bond acceptors (Lipinski definition) is 8. The first kappa shape index (κ1) is 20.5. The molecule has 2 aromatic rings. The average molecular weight is 411 g/mol. The first-order valence-corrected chi connectivity index (χ1v) is 8.79. The maximum absolute atomic E-state index is 12.3. The minimum Gasteiger partial charge on any atom is -0.470 e. The van der Waals surface area contributed by atoms with Gasteiger partial charge in [0.05, 0.1) is 10.6 Å². The lowest BCUT2D eigenvalue weighted by Gasteiger charge is -2.10. The van der Waals surface area contributed by atoms with Gasteiger partial charge in [0.1, 0.15) is 0 Å². The van der Waals surface area contributed by atoms with Gasteiger partial charge in [-0.05, 0) is 24.6 Å². The molecule has 1 heterocycles. The standard InChI is InChI=1S/C20H17N3O7/c1-12-7-8-14(23(27)28)9-15(12)22-17(25)11-30-20(26)18-16(24)10-29-19(18)21-13-5-3-2-4-6-13/h2-9,21H,10-11H2,1H3,(H,22,25). The number of non-ortho nitro benzene ring substituents is 1. The third kappa shape index (κ3) is 4.79. The molecule has 2 N–H and O–H groups in total. The van der Waals surface area contributed by atoms with E-state index in [2.05, 4.69) is 10.6 Å². The van der Waals surface area contributed by atoms with Gasteiger partial charge in [-0.15, -0.1) is 0 Å². The Morgan fingerprint density at radius 2 is 1.93 bits per heavy atom. The number of para-hydroxylation sites is 1. The molecule has 3 rings (SSSR count). The average Bonchev–Trinajstić information content (AvgIpc) is 3.08. The Hall–Kier alpha value is -4.21. The molecule has 0 unspecified atom stereocenters. The molecular weight excluding hydrogens is 394 g/mol. The Kier molecular flexibility index (Phi) is 6.06. The summed E-state index contributed by atoms with van der Waals surface area (Å²) in [7, 11) is 0. The molecule has 1 aliphatic heterocycles. The fourth-order valence-electron chi connectivity index (χ4n) is 2.61. The first-order chi connectivity index (χ1) is 14.3. The molecule has 1 amide bonds. The number of nitrogens with one attached hydrogen (secondary N) is 2. The zero-order chi connectivity index (χ0) is 21.7. The maximum atomic E-state index is 12.3. The minimum atomic E-state index is -1.01. The minimum absolute atomic E-state index is 0.0499. The monoisotopic (exact) mass is 411 g/mol. The lowest BCUT2D eigenvalue weighted by atomic mass is 10.2. The van der Waals surface area contributed by atoms with Gasteiger partial charge in [0.2, 0.25) is 11.7 Å². The predicted molar refractivity (Wildman–Crippen MR) is 105 cm³/mol. The summed E-state index contributed by atoms with van der Waals surface area (Å²) < 4.78 is 10.1. The maximum Gasteiger partial charge on any atom is 0.347 e. The summed E-state index contributed by atoms with van der Waals surface area (Å²) in [5.74, 6) is -2.35. The zero-order valence-electron chi connectivity index (χ0n) is 15.8. The second kappa shape index (κ2) is 8.86. The number of carbonyl (C=O) groups excluding carboxylic acids is 3. The first-order valence-electron chi connectivity index (χ1n) is 8.79. The highest BCUT2D eigenvalue weighted by Crippen LogP contribution is 2.22. The quantitative estimate of drug-likeness (QED) is 0.306. The molecule has 0 bridgehead atoms. The largest absolute Gasteiger partial charge is 0.470 e. The third-order valence-electron chi connectivity index (χ3n) is 4.13. The molecule has 0 saturated carbocycles. The van der Waals surface area contributed by atoms with E-state index in [1.54, 1.807) is 37.3 Å². The molecule has 0 radical (unpaired) electrons. The fourth-order valence-corrected chi connectivity index (χ4v) is 2.61. The Bertz CT molecular complexity index is 1050. The number of Topliss-reactive ketones (excluding diaryl/α,β-unsaturated/α-hetero) is 1. The van der Waals surface area contributed by atoms with E-state index in [0.29, 0.717) is 11.3 Å². The molecule has 10 heteroatoms. The van der Waals surface area contributed by atoms with Gasteiger partial charge in [0, 0.05) is 17.8 Å². The highest BCUT2D eigenvalue weighted by atomic mass is 16.6. The molecule has 0 saturated heterocycles. The Labute approximate surface area is 170 Å². The number of ether oxygens (including phenoxy) is 2. The van der Waals surface area contributed by atoms with Crippen LogP contribution in [0.15, 0.2) is 60.0 Å². The summed E-state index contributed by atoms with van der Waals surface area (Å²) in [4.78, 5) is 46.7. The van der Waals surface area contributed by atoms with Crippen LogP contribution in [0.1, 0.15) is 5.56 Å². The van der Waals surface area contributed by atoms with E-state index >= 15 is 0 Å². The SMILES string of the molecule is Cc1ccc([N+](=O)[O-])cc1NC(=O)COC(=O)C1=C(Nc2ccccc2)OCC1=O. The van der Waals surface area contributed by atoms with Gasteiger partial charge in [-0.2, -0.15) is 0 Å². The number of esters is 1. The van der Waals surface area contributed by atoms with Gasteiger partial charge in [0.15, 0.2) is 18.8 Å². The zero-order valence-corrected chi connectivity index (χ0v) is 15.8. The Morgan fingerprint density at radius 1 is 1.20 bits per heavy atom. The van der Waals surface area contributed by atoms with Crippen LogP contribution in [0.2, 0.25) is 0 Å². The molecule has 1 aliphatic rings. The van der Waals surface area contributed by atoms with Crippen LogP contribution in [0.25, 0.3) is 0 Å². The van der Waals surface area contributed by atoms with E-state index in [-0.39, 0.29) is 29.4 Å². The molecule has 2 aromatic carbocycles. The van der Waals surface area contributed by atoms with Gasteiger partial charge in [0.25, 0.3) is 11.6 Å². The van der Waals surface area contributed by atoms with E-state index < -0.39 is 29.2 Å². The number of aryl methyl sites for hydroxylation is 1. The summed E-state index contributed by atoms with van der Waals surface area (Å²) in [5, 5.41) is 16.1. The van der Waals surface area contributed by atoms with Crippen molar-refractivity contribution in [1.82, 2.24) is 0 Å². The van der Waals surface area contributed by atoms with E-state index in [1.165, 1.54) is 18.2 Å². The van der Waals surface area contributed by atoms with Crippen molar-refractivity contribution < 1.29 is 28.8 Å². The third-order valence-corrected chi connectivity index (χ3v) is 4.13. The van der Waals surface area contributed by atoms with Crippen molar-refractivity contribution in [3.63, 3.8) is 0 Å². The van der Waals surface area contributed by atoms with Gasteiger partial charge in [-0.1, -0.05) is 24.3 Å². The van der Waals surface area contributed by atoms with E-state index in [9.17, 15) is 24.5 Å². The number of nitro benzene ring substituents is 1. The summed E-state index contributed by atoms with van der Waals surface area (Å²) in [6.45, 7) is 0.654. The molecule has 0 spiro atoms. The van der Waals surface area contributed by atoms with Crippen LogP contribution >= 0.6 is 0 Å². The molecule has 10 nitrogen and oxygen atoms in total. The van der Waals surface area contributed by atoms with E-state index in [0.717, 1.165) is 0 Å². The number of nitrogens with zero attached hydrogens (tertiary/aromatic N) is 1. The molecule has 154 valence electrons. The fraction of sp³-hybridized carbons (Fsp3) is 0.150. The van der Waals surface area contributed by atoms with Crippen molar-refractivity contribution in [2.45, 2.75) is 6.92 Å². The highest BCUT2D eigenvalue weighted by Gasteiger charge is 2.33. The van der Waals surface area contributed by atoms with Gasteiger partial charge in [-0.25, -0.2) is 4.79 Å². The molecule has 0 aromatic heterocycles. The second-order valence-electron chi connectivity index (χ2n) is 6.29. The van der Waals surface area contributed by atoms with Crippen molar-refractivity contribution in [3.8, 4) is 0 Å². The number of ketones is 1. The summed E-state index contributed by atoms with van der Waals surface area (Å²) in [6, 6.07) is 12.8. The molecule has 30 heavy (non-hydrogen) atoms. The van der Waals surface area contributed by atoms with Crippen LogP contribution in [-0.2, 0) is 23.9 Å². The van der Waals surface area contributed by atoms with Crippen LogP contribution in [0, 0.1) is 17.0 Å². The van der Waals surface area contributed by atoms with Crippen molar-refractivity contribution in [3.05, 3.63) is 75.7 Å². The Morgan fingerprint density at radius 3 is 2.63 bits per heavy atom. The van der Waals surface area contributed by atoms with Crippen molar-refractivity contribution in [2.24, 2.45) is 0 Å². The summed E-state index contributed by atoms with van der Waals surface area (Å²) >= 11 is 0. The number of hydrogen-bond donors (Lipinski definition) is 2. The van der Waals surface area contributed by atoms with Crippen LogP contribution in [0.3, 0.4) is 0 Å². The van der Waals surface area contributed by atoms with Gasteiger partial charge < -0.3 is 20.1 Å². The number of rotatable bonds is 7. The molecular formula is C20H17N3O7. The molecule has 0 fully saturated rings. The number of anilines is 2. The van der Waals surface area contributed by atoms with Crippen LogP contribution < -0.4 is 10.6 Å². The smallest absolute Gasteiger partial charge is 0.347 e. The van der Waals surface area contributed by atoms with Crippen molar-refractivity contribution in [1.29, 1.82) is 0 Å². The Balaban J connectivity index is 1.65. The number of carbonyl (C=O) groups is 3. The molecule has 0 atom stereocenters. The predicted octanol–water partition coefficient (Wildman–Crippen LogP) is 2.31. The van der Waals surface area contributed by atoms with Crippen molar-refractivity contribution in [2.75, 3.05) is 23.8 Å². The van der Waals surface area contributed by atoms with Crippen LogP contribution in [-0.4, -0.2) is 35.8 Å².